The number of carboxylic acid groups (broad SMARTS) is 1. The van der Waals surface area contributed by atoms with Crippen LogP contribution in [0.25, 0.3) is 0 Å². The van der Waals surface area contributed by atoms with Crippen molar-refractivity contribution in [2.75, 3.05) is 6.54 Å². The molecule has 16 heavy (non-hydrogen) atoms. The third-order valence-electron chi connectivity index (χ3n) is 4.09. The zero-order valence-electron chi connectivity index (χ0n) is 9.69. The number of rotatable bonds is 2. The molecule has 1 saturated heterocycles. The summed E-state index contributed by atoms with van der Waals surface area (Å²) in [7, 11) is 0. The van der Waals surface area contributed by atoms with Gasteiger partial charge >= 0.3 is 5.97 Å². The van der Waals surface area contributed by atoms with Gasteiger partial charge in [0.15, 0.2) is 0 Å². The van der Waals surface area contributed by atoms with Gasteiger partial charge in [0.1, 0.15) is 6.04 Å². The Kier molecular flexibility index (Phi) is 3.17. The van der Waals surface area contributed by atoms with E-state index in [0.29, 0.717) is 24.8 Å². The second-order valence-electron chi connectivity index (χ2n) is 5.07. The number of aliphatic carboxylic acids is 1. The molecule has 1 heterocycles. The number of hydrogen-bond acceptors (Lipinski definition) is 2. The monoisotopic (exact) mass is 225 g/mol. The molecule has 90 valence electrons. The van der Waals surface area contributed by atoms with E-state index in [2.05, 4.69) is 0 Å². The lowest BCUT2D eigenvalue weighted by molar-refractivity contribution is -0.147. The molecule has 2 atom stereocenters. The van der Waals surface area contributed by atoms with E-state index < -0.39 is 12.0 Å². The third-order valence-corrected chi connectivity index (χ3v) is 4.09. The minimum atomic E-state index is -0.851. The van der Waals surface area contributed by atoms with Gasteiger partial charge < -0.3 is 10.0 Å². The van der Waals surface area contributed by atoms with E-state index >= 15 is 0 Å². The first-order chi connectivity index (χ1) is 7.59. The number of hydrogen-bond donors (Lipinski definition) is 1. The van der Waals surface area contributed by atoms with Crippen molar-refractivity contribution in [3.8, 4) is 0 Å². The Morgan fingerprint density at radius 2 is 1.81 bits per heavy atom. The SMILES string of the molecule is CC(=O)N1CC(C2CCCC2)CC1C(=O)O. The van der Waals surface area contributed by atoms with Crippen molar-refractivity contribution >= 4 is 11.9 Å². The quantitative estimate of drug-likeness (QED) is 0.774. The molecule has 2 fully saturated rings. The minimum absolute atomic E-state index is 0.104. The maximum Gasteiger partial charge on any atom is 0.326 e. The lowest BCUT2D eigenvalue weighted by atomic mass is 9.89. The van der Waals surface area contributed by atoms with Crippen LogP contribution in [0, 0.1) is 11.8 Å². The van der Waals surface area contributed by atoms with Crippen LogP contribution in [-0.4, -0.2) is 34.5 Å². The highest BCUT2D eigenvalue weighted by Crippen LogP contribution is 2.38. The fourth-order valence-corrected chi connectivity index (χ4v) is 3.22. The summed E-state index contributed by atoms with van der Waals surface area (Å²) in [6, 6.07) is -0.580. The first kappa shape index (κ1) is 11.4. The lowest BCUT2D eigenvalue weighted by Gasteiger charge is -2.20. The lowest BCUT2D eigenvalue weighted by Crippen LogP contribution is -2.39. The standard InChI is InChI=1S/C12H19NO3/c1-8(14)13-7-10(6-11(13)12(15)16)9-4-2-3-5-9/h9-11H,2-7H2,1H3,(H,15,16). The molecule has 0 spiro atoms. The van der Waals surface area contributed by atoms with E-state index in [1.807, 2.05) is 0 Å². The maximum absolute atomic E-state index is 11.4. The van der Waals surface area contributed by atoms with Crippen molar-refractivity contribution in [1.29, 1.82) is 0 Å². The molecule has 1 saturated carbocycles. The van der Waals surface area contributed by atoms with E-state index in [4.69, 9.17) is 5.11 Å². The topological polar surface area (TPSA) is 57.6 Å². The Morgan fingerprint density at radius 1 is 1.19 bits per heavy atom. The Bertz CT molecular complexity index is 275. The van der Waals surface area contributed by atoms with Crippen LogP contribution in [0.4, 0.5) is 0 Å². The van der Waals surface area contributed by atoms with Gasteiger partial charge in [-0.1, -0.05) is 25.7 Å². The van der Waals surface area contributed by atoms with Crippen molar-refractivity contribution in [2.45, 2.75) is 45.1 Å². The van der Waals surface area contributed by atoms with Gasteiger partial charge in [0.2, 0.25) is 5.91 Å². The van der Waals surface area contributed by atoms with E-state index in [-0.39, 0.29) is 5.91 Å². The fourth-order valence-electron chi connectivity index (χ4n) is 3.22. The average Bonchev–Trinajstić information content (AvgIpc) is 2.86. The number of likely N-dealkylation sites (tertiary alicyclic amines) is 1. The van der Waals surface area contributed by atoms with Crippen LogP contribution < -0.4 is 0 Å². The summed E-state index contributed by atoms with van der Waals surface area (Å²) in [6.45, 7) is 2.12. The van der Waals surface area contributed by atoms with E-state index in [9.17, 15) is 9.59 Å². The highest BCUT2D eigenvalue weighted by atomic mass is 16.4. The van der Waals surface area contributed by atoms with Crippen molar-refractivity contribution < 1.29 is 14.7 Å². The van der Waals surface area contributed by atoms with Crippen LogP contribution in [0.5, 0.6) is 0 Å². The van der Waals surface area contributed by atoms with E-state index in [1.165, 1.54) is 37.5 Å². The molecule has 2 unspecified atom stereocenters. The van der Waals surface area contributed by atoms with E-state index in [0.717, 1.165) is 0 Å². The molecule has 0 aromatic heterocycles. The molecule has 4 heteroatoms. The van der Waals surface area contributed by atoms with Gasteiger partial charge in [-0.3, -0.25) is 4.79 Å². The Labute approximate surface area is 95.6 Å². The van der Waals surface area contributed by atoms with Crippen molar-refractivity contribution in [3.63, 3.8) is 0 Å². The number of nitrogens with zero attached hydrogens (tertiary/aromatic N) is 1. The summed E-state index contributed by atoms with van der Waals surface area (Å²) < 4.78 is 0. The van der Waals surface area contributed by atoms with Crippen LogP contribution in [0.2, 0.25) is 0 Å². The molecule has 0 bridgehead atoms. The Hall–Kier alpha value is -1.06. The van der Waals surface area contributed by atoms with Crippen molar-refractivity contribution in [3.05, 3.63) is 0 Å². The first-order valence-electron chi connectivity index (χ1n) is 6.09. The normalized spacial score (nSPS) is 30.9. The molecule has 1 aliphatic heterocycles. The molecule has 4 nitrogen and oxygen atoms in total. The number of carbonyl (C=O) groups excluding carboxylic acids is 1. The summed E-state index contributed by atoms with van der Waals surface area (Å²) in [5, 5.41) is 9.10. The van der Waals surface area contributed by atoms with Gasteiger partial charge in [0.25, 0.3) is 0 Å². The molecular formula is C12H19NO3. The van der Waals surface area contributed by atoms with Gasteiger partial charge in [-0.2, -0.15) is 0 Å². The van der Waals surface area contributed by atoms with Gasteiger partial charge in [-0.05, 0) is 18.3 Å². The summed E-state index contributed by atoms with van der Waals surface area (Å²) in [5.41, 5.74) is 0. The van der Waals surface area contributed by atoms with Crippen LogP contribution in [-0.2, 0) is 9.59 Å². The number of carboxylic acids is 1. The summed E-state index contributed by atoms with van der Waals surface area (Å²) in [4.78, 5) is 24.0. The minimum Gasteiger partial charge on any atom is -0.480 e. The predicted octanol–water partition coefficient (Wildman–Crippen LogP) is 1.50. The summed E-state index contributed by atoms with van der Waals surface area (Å²) >= 11 is 0. The van der Waals surface area contributed by atoms with Crippen LogP contribution in [0.3, 0.4) is 0 Å². The predicted molar refractivity (Wildman–Crippen MR) is 58.9 cm³/mol. The molecular weight excluding hydrogens is 206 g/mol. The fraction of sp³-hybridized carbons (Fsp3) is 0.833. The second-order valence-corrected chi connectivity index (χ2v) is 5.07. The van der Waals surface area contributed by atoms with Crippen LogP contribution >= 0.6 is 0 Å². The third kappa shape index (κ3) is 2.06. The molecule has 1 aliphatic carbocycles. The smallest absolute Gasteiger partial charge is 0.326 e. The van der Waals surface area contributed by atoms with Crippen molar-refractivity contribution in [2.24, 2.45) is 11.8 Å². The van der Waals surface area contributed by atoms with Gasteiger partial charge in [0, 0.05) is 13.5 Å². The first-order valence-corrected chi connectivity index (χ1v) is 6.09. The zero-order chi connectivity index (χ0) is 11.7. The van der Waals surface area contributed by atoms with Gasteiger partial charge in [-0.15, -0.1) is 0 Å². The van der Waals surface area contributed by atoms with Gasteiger partial charge in [0.05, 0.1) is 0 Å². The molecule has 1 N–H and O–H groups in total. The molecule has 2 aliphatic rings. The van der Waals surface area contributed by atoms with E-state index in [1.54, 1.807) is 0 Å². The highest BCUT2D eigenvalue weighted by molar-refractivity contribution is 5.83. The van der Waals surface area contributed by atoms with Gasteiger partial charge in [-0.25, -0.2) is 4.79 Å². The maximum atomic E-state index is 11.4. The molecule has 0 aromatic rings. The zero-order valence-corrected chi connectivity index (χ0v) is 9.69. The number of amides is 1. The molecule has 2 rings (SSSR count). The van der Waals surface area contributed by atoms with Crippen LogP contribution in [0.1, 0.15) is 39.0 Å². The summed E-state index contributed by atoms with van der Waals surface area (Å²) in [6.07, 6.45) is 5.60. The van der Waals surface area contributed by atoms with Crippen LogP contribution in [0.15, 0.2) is 0 Å². The molecule has 1 amide bonds. The Balaban J connectivity index is 2.05. The Morgan fingerprint density at radius 3 is 2.25 bits per heavy atom. The molecule has 0 aromatic carbocycles. The number of carbonyl (C=O) groups is 2. The highest BCUT2D eigenvalue weighted by Gasteiger charge is 2.41. The summed E-state index contributed by atoms with van der Waals surface area (Å²) in [5.74, 6) is 0.0993. The average molecular weight is 225 g/mol. The largest absolute Gasteiger partial charge is 0.480 e. The second kappa shape index (κ2) is 4.44. The molecule has 0 radical (unpaired) electrons. The van der Waals surface area contributed by atoms with Crippen molar-refractivity contribution in [1.82, 2.24) is 4.90 Å².